The van der Waals surface area contributed by atoms with Crippen molar-refractivity contribution in [3.05, 3.63) is 65.7 Å². The van der Waals surface area contributed by atoms with E-state index in [-0.39, 0.29) is 22.8 Å². The number of carbonyl (C=O) groups is 1. The Bertz CT molecular complexity index is 1120. The Morgan fingerprint density at radius 1 is 0.921 bits per heavy atom. The number of piperidine rings is 2. The second kappa shape index (κ2) is 13.2. The number of rotatable bonds is 10. The van der Waals surface area contributed by atoms with Gasteiger partial charge in [0, 0.05) is 25.4 Å². The van der Waals surface area contributed by atoms with Crippen LogP contribution in [0.15, 0.2) is 59.5 Å². The van der Waals surface area contributed by atoms with E-state index in [1.807, 2.05) is 6.92 Å². The molecule has 2 atom stereocenters. The molecule has 38 heavy (non-hydrogen) atoms. The number of hydrogen-bond acceptors (Lipinski definition) is 5. The van der Waals surface area contributed by atoms with Gasteiger partial charge in [0.15, 0.2) is 9.84 Å². The van der Waals surface area contributed by atoms with Crippen LogP contribution in [0.3, 0.4) is 0 Å². The van der Waals surface area contributed by atoms with E-state index in [0.29, 0.717) is 12.3 Å². The van der Waals surface area contributed by atoms with Crippen molar-refractivity contribution in [3.63, 3.8) is 0 Å². The van der Waals surface area contributed by atoms with Gasteiger partial charge in [0.25, 0.3) is 0 Å². The Hall–Kier alpha value is -2.22. The smallest absolute Gasteiger partial charge is 0.227 e. The maximum absolute atomic E-state index is 13.1. The van der Waals surface area contributed by atoms with Gasteiger partial charge < -0.3 is 15.1 Å². The summed E-state index contributed by atoms with van der Waals surface area (Å²) in [7, 11) is -1.01. The lowest BCUT2D eigenvalue weighted by Gasteiger charge is -2.37. The fourth-order valence-corrected chi connectivity index (χ4v) is 6.88. The Morgan fingerprint density at radius 2 is 1.55 bits per heavy atom. The molecule has 0 aromatic heterocycles. The molecular weight excluding hydrogens is 494 g/mol. The van der Waals surface area contributed by atoms with Crippen molar-refractivity contribution in [2.75, 3.05) is 46.0 Å². The molecular formula is C31H45N3O3S. The lowest BCUT2D eigenvalue weighted by molar-refractivity contribution is -0.123. The lowest BCUT2D eigenvalue weighted by Crippen LogP contribution is -2.46. The van der Waals surface area contributed by atoms with Gasteiger partial charge in [-0.25, -0.2) is 8.42 Å². The van der Waals surface area contributed by atoms with E-state index < -0.39 is 9.84 Å². The Labute approximate surface area is 229 Å². The van der Waals surface area contributed by atoms with Crippen LogP contribution < -0.4 is 5.32 Å². The molecule has 7 heteroatoms. The molecule has 2 saturated heterocycles. The summed E-state index contributed by atoms with van der Waals surface area (Å²) in [5.41, 5.74) is 2.36. The van der Waals surface area contributed by atoms with Gasteiger partial charge in [0.2, 0.25) is 5.91 Å². The number of carbonyl (C=O) groups excluding carboxylic acids is 1. The zero-order valence-corrected chi connectivity index (χ0v) is 24.1. The van der Waals surface area contributed by atoms with Crippen molar-refractivity contribution in [3.8, 4) is 0 Å². The monoisotopic (exact) mass is 539 g/mol. The highest BCUT2D eigenvalue weighted by Gasteiger charge is 2.29. The predicted molar refractivity (Wildman–Crippen MR) is 154 cm³/mol. The average Bonchev–Trinajstić information content (AvgIpc) is 2.91. The SMILES string of the molecule is CCC(C(=O)NC1CCN(CCC(c2ccccc2)C2CCN(C)CC2)CC1)c1ccc(S(C)(=O)=O)cc1. The molecule has 208 valence electrons. The van der Waals surface area contributed by atoms with E-state index in [2.05, 4.69) is 52.5 Å². The van der Waals surface area contributed by atoms with Crippen molar-refractivity contribution in [1.29, 1.82) is 0 Å². The summed E-state index contributed by atoms with van der Waals surface area (Å²) in [4.78, 5) is 18.4. The van der Waals surface area contributed by atoms with Crippen molar-refractivity contribution in [1.82, 2.24) is 15.1 Å². The Balaban J connectivity index is 1.28. The van der Waals surface area contributed by atoms with E-state index in [4.69, 9.17) is 0 Å². The third kappa shape index (κ3) is 7.67. The summed E-state index contributed by atoms with van der Waals surface area (Å²) in [5.74, 6) is 1.15. The first-order chi connectivity index (χ1) is 18.2. The van der Waals surface area contributed by atoms with Gasteiger partial charge in [-0.3, -0.25) is 4.79 Å². The van der Waals surface area contributed by atoms with Gasteiger partial charge in [0.05, 0.1) is 10.8 Å². The van der Waals surface area contributed by atoms with Crippen molar-refractivity contribution in [2.24, 2.45) is 5.92 Å². The van der Waals surface area contributed by atoms with Crippen LogP contribution in [0.1, 0.15) is 68.4 Å². The van der Waals surface area contributed by atoms with Crippen LogP contribution in [0.5, 0.6) is 0 Å². The highest BCUT2D eigenvalue weighted by atomic mass is 32.2. The summed E-state index contributed by atoms with van der Waals surface area (Å²) in [6.07, 6.45) is 7.57. The molecule has 1 N–H and O–H groups in total. The molecule has 2 unspecified atom stereocenters. The molecule has 0 saturated carbocycles. The molecule has 6 nitrogen and oxygen atoms in total. The van der Waals surface area contributed by atoms with Gasteiger partial charge in [-0.15, -0.1) is 0 Å². The van der Waals surface area contributed by atoms with Gasteiger partial charge in [-0.05, 0) is 100 Å². The molecule has 0 radical (unpaired) electrons. The number of hydrogen-bond donors (Lipinski definition) is 1. The second-order valence-corrected chi connectivity index (χ2v) is 13.4. The molecule has 2 fully saturated rings. The zero-order valence-electron chi connectivity index (χ0n) is 23.3. The minimum atomic E-state index is -3.24. The first-order valence-corrected chi connectivity index (χ1v) is 16.2. The van der Waals surface area contributed by atoms with E-state index in [0.717, 1.165) is 44.0 Å². The van der Waals surface area contributed by atoms with Crippen molar-refractivity contribution >= 4 is 15.7 Å². The third-order valence-electron chi connectivity index (χ3n) is 8.69. The minimum absolute atomic E-state index is 0.0458. The van der Waals surface area contributed by atoms with Crippen LogP contribution in [0.2, 0.25) is 0 Å². The Morgan fingerprint density at radius 3 is 2.13 bits per heavy atom. The maximum Gasteiger partial charge on any atom is 0.227 e. The van der Waals surface area contributed by atoms with Crippen LogP contribution in [0.4, 0.5) is 0 Å². The van der Waals surface area contributed by atoms with Crippen LogP contribution in [0.25, 0.3) is 0 Å². The average molecular weight is 540 g/mol. The summed E-state index contributed by atoms with van der Waals surface area (Å²) in [5, 5.41) is 3.29. The molecule has 2 aromatic carbocycles. The summed E-state index contributed by atoms with van der Waals surface area (Å²) >= 11 is 0. The number of nitrogens with zero attached hydrogens (tertiary/aromatic N) is 2. The van der Waals surface area contributed by atoms with Gasteiger partial charge in [0.1, 0.15) is 0 Å². The number of benzene rings is 2. The first-order valence-electron chi connectivity index (χ1n) is 14.3. The first kappa shape index (κ1) is 28.8. The predicted octanol–water partition coefficient (Wildman–Crippen LogP) is 4.68. The summed E-state index contributed by atoms with van der Waals surface area (Å²) in [6, 6.07) is 18.0. The summed E-state index contributed by atoms with van der Waals surface area (Å²) in [6.45, 7) is 7.53. The number of nitrogens with one attached hydrogen (secondary N) is 1. The van der Waals surface area contributed by atoms with Crippen LogP contribution in [0, 0.1) is 5.92 Å². The van der Waals surface area contributed by atoms with Crippen LogP contribution >= 0.6 is 0 Å². The zero-order chi connectivity index (χ0) is 27.1. The maximum atomic E-state index is 13.1. The van der Waals surface area contributed by atoms with Gasteiger partial charge in [-0.1, -0.05) is 49.4 Å². The van der Waals surface area contributed by atoms with Crippen molar-refractivity contribution < 1.29 is 13.2 Å². The summed E-state index contributed by atoms with van der Waals surface area (Å²) < 4.78 is 23.5. The van der Waals surface area contributed by atoms with Gasteiger partial charge in [-0.2, -0.15) is 0 Å². The molecule has 4 rings (SSSR count). The van der Waals surface area contributed by atoms with Crippen LogP contribution in [-0.2, 0) is 14.6 Å². The molecule has 2 aliphatic heterocycles. The molecule has 1 amide bonds. The third-order valence-corrected chi connectivity index (χ3v) is 9.81. The van der Waals surface area contributed by atoms with E-state index in [1.165, 1.54) is 44.2 Å². The van der Waals surface area contributed by atoms with Crippen molar-refractivity contribution in [2.45, 2.75) is 68.2 Å². The molecule has 0 spiro atoms. The second-order valence-electron chi connectivity index (χ2n) is 11.4. The number of sulfone groups is 1. The largest absolute Gasteiger partial charge is 0.353 e. The number of amides is 1. The molecule has 0 bridgehead atoms. The highest BCUT2D eigenvalue weighted by molar-refractivity contribution is 7.90. The topological polar surface area (TPSA) is 69.7 Å². The lowest BCUT2D eigenvalue weighted by atomic mass is 9.78. The van der Waals surface area contributed by atoms with E-state index in [9.17, 15) is 13.2 Å². The molecule has 2 aromatic rings. The van der Waals surface area contributed by atoms with Gasteiger partial charge >= 0.3 is 0 Å². The fourth-order valence-electron chi connectivity index (χ4n) is 6.25. The van der Waals surface area contributed by atoms with E-state index in [1.54, 1.807) is 24.3 Å². The minimum Gasteiger partial charge on any atom is -0.353 e. The Kier molecular flexibility index (Phi) is 10.0. The molecule has 2 heterocycles. The molecule has 0 aliphatic carbocycles. The standard InChI is InChI=1S/C31H45N3O3S/c1-4-29(25-10-12-28(13-11-25)38(3,36)37)31(35)32-27-16-21-34(22-17-27)23-18-30(24-8-6-5-7-9-24)26-14-19-33(2)20-15-26/h5-13,26-27,29-30H,4,14-23H2,1-3H3,(H,32,35). The quantitative estimate of drug-likeness (QED) is 0.475. The van der Waals surface area contributed by atoms with E-state index >= 15 is 0 Å². The normalized spacial score (nSPS) is 20.2. The fraction of sp³-hybridized carbons (Fsp3) is 0.581. The number of likely N-dealkylation sites (tertiary alicyclic amines) is 2. The molecule has 2 aliphatic rings. The highest BCUT2D eigenvalue weighted by Crippen LogP contribution is 2.35. The van der Waals surface area contributed by atoms with Crippen LogP contribution in [-0.4, -0.2) is 76.2 Å².